The van der Waals surface area contributed by atoms with E-state index in [-0.39, 0.29) is 34.5 Å². The fourth-order valence-electron chi connectivity index (χ4n) is 5.16. The fraction of sp³-hybridized carbons (Fsp3) is 0.600. The van der Waals surface area contributed by atoms with Crippen LogP contribution < -0.4 is 10.6 Å². The number of thiazole rings is 1. The predicted molar refractivity (Wildman–Crippen MR) is 134 cm³/mol. The van der Waals surface area contributed by atoms with Gasteiger partial charge in [-0.15, -0.1) is 11.3 Å². The van der Waals surface area contributed by atoms with Crippen LogP contribution in [0.3, 0.4) is 0 Å². The molecule has 2 aromatic rings. The molecule has 3 N–H and O–H groups in total. The Morgan fingerprint density at radius 1 is 1.25 bits per heavy atom. The summed E-state index contributed by atoms with van der Waals surface area (Å²) in [6.07, 6.45) is -3.07. The molecule has 1 saturated carbocycles. The lowest BCUT2D eigenvalue weighted by atomic mass is 9.78. The maximum atomic E-state index is 14.3. The highest BCUT2D eigenvalue weighted by Crippen LogP contribution is 2.43. The number of hydrogen-bond donors (Lipinski definition) is 3. The molecule has 1 aliphatic carbocycles. The van der Waals surface area contributed by atoms with Gasteiger partial charge in [-0.1, -0.05) is 0 Å². The summed E-state index contributed by atoms with van der Waals surface area (Å²) >= 11 is 0.517. The number of nitrogens with one attached hydrogen (secondary N) is 2. The van der Waals surface area contributed by atoms with E-state index in [1.807, 2.05) is 6.92 Å². The Morgan fingerprint density at radius 3 is 2.52 bits per heavy atom. The molecule has 0 radical (unpaired) electrons. The summed E-state index contributed by atoms with van der Waals surface area (Å²) in [5.41, 5.74) is -2.56. The molecule has 2 aliphatic heterocycles. The van der Waals surface area contributed by atoms with Gasteiger partial charge < -0.3 is 25.4 Å². The number of rotatable bonds is 6. The molecule has 3 atom stereocenters. The number of halogens is 5. The van der Waals surface area contributed by atoms with Gasteiger partial charge in [-0.25, -0.2) is 18.7 Å². The number of hydrogen-bond acceptors (Lipinski definition) is 8. The van der Waals surface area contributed by atoms with Gasteiger partial charge in [-0.05, 0) is 39.2 Å². The van der Waals surface area contributed by atoms with Crippen LogP contribution in [0, 0.1) is 0 Å². The summed E-state index contributed by atoms with van der Waals surface area (Å²) < 4.78 is 76.3. The van der Waals surface area contributed by atoms with Crippen molar-refractivity contribution in [3.8, 4) is 10.4 Å². The van der Waals surface area contributed by atoms with Gasteiger partial charge in [0.25, 0.3) is 17.7 Å². The number of nitrogens with zero attached hydrogens (tertiary/aromatic N) is 3. The molecule has 218 valence electrons. The zero-order valence-corrected chi connectivity index (χ0v) is 22.5. The summed E-state index contributed by atoms with van der Waals surface area (Å²) in [5.74, 6) is -5.04. The van der Waals surface area contributed by atoms with Crippen molar-refractivity contribution < 1.29 is 41.4 Å². The zero-order chi connectivity index (χ0) is 29.0. The second-order valence-electron chi connectivity index (χ2n) is 10.9. The maximum absolute atomic E-state index is 14.3. The van der Waals surface area contributed by atoms with E-state index in [0.717, 1.165) is 36.4 Å². The van der Waals surface area contributed by atoms with Gasteiger partial charge in [0.1, 0.15) is 11.5 Å². The number of carbonyl (C=O) groups excluding carboxylic acids is 2. The number of ether oxygens (including phenoxy) is 1. The molecular formula is C25H28F5N5O4S. The van der Waals surface area contributed by atoms with Crippen LogP contribution in [0.1, 0.15) is 65.4 Å². The number of aliphatic hydroxyl groups is 1. The van der Waals surface area contributed by atoms with Gasteiger partial charge in [0.15, 0.2) is 5.01 Å². The van der Waals surface area contributed by atoms with Crippen molar-refractivity contribution in [3.63, 3.8) is 0 Å². The number of amides is 2. The van der Waals surface area contributed by atoms with Crippen molar-refractivity contribution in [3.05, 3.63) is 28.5 Å². The number of anilines is 1. The molecule has 3 aliphatic rings. The number of alkyl halides is 5. The lowest BCUT2D eigenvalue weighted by Crippen LogP contribution is -2.42. The van der Waals surface area contributed by atoms with E-state index in [4.69, 9.17) is 4.74 Å². The average Bonchev–Trinajstić information content (AvgIpc) is 3.53. The fourth-order valence-corrected chi connectivity index (χ4v) is 6.14. The lowest BCUT2D eigenvalue weighted by molar-refractivity contribution is -0.137. The van der Waals surface area contributed by atoms with Crippen LogP contribution in [0.2, 0.25) is 0 Å². The average molecular weight is 590 g/mol. The smallest absolute Gasteiger partial charge is 0.388 e. The van der Waals surface area contributed by atoms with Crippen molar-refractivity contribution >= 4 is 29.0 Å². The molecular weight excluding hydrogens is 561 g/mol. The van der Waals surface area contributed by atoms with E-state index in [2.05, 4.69) is 20.6 Å². The van der Waals surface area contributed by atoms with Gasteiger partial charge in [-0.2, -0.15) is 13.2 Å². The van der Waals surface area contributed by atoms with Crippen molar-refractivity contribution in [1.29, 1.82) is 0 Å². The Hall–Kier alpha value is -2.91. The number of aliphatic hydroxyl groups excluding tert-OH is 1. The monoisotopic (exact) mass is 589 g/mol. The van der Waals surface area contributed by atoms with Crippen molar-refractivity contribution in [2.75, 3.05) is 25.1 Å². The van der Waals surface area contributed by atoms with Gasteiger partial charge in [0.05, 0.1) is 42.3 Å². The summed E-state index contributed by atoms with van der Waals surface area (Å²) in [4.78, 5) is 35.2. The molecule has 2 saturated heterocycles. The molecule has 5 rings (SSSR count). The third-order valence-electron chi connectivity index (χ3n) is 7.52. The van der Waals surface area contributed by atoms with Crippen LogP contribution in [0.15, 0.2) is 12.3 Å². The van der Waals surface area contributed by atoms with E-state index < -0.39 is 71.9 Å². The molecule has 0 bridgehead atoms. The lowest BCUT2D eigenvalue weighted by Gasteiger charge is -2.39. The first-order valence-electron chi connectivity index (χ1n) is 12.8. The summed E-state index contributed by atoms with van der Waals surface area (Å²) in [5, 5.41) is 15.1. The molecule has 2 aromatic heterocycles. The van der Waals surface area contributed by atoms with E-state index in [9.17, 15) is 36.6 Å². The maximum Gasteiger partial charge on any atom is 0.417 e. The van der Waals surface area contributed by atoms with Gasteiger partial charge >= 0.3 is 6.18 Å². The number of pyridine rings is 1. The third kappa shape index (κ3) is 5.63. The highest BCUT2D eigenvalue weighted by molar-refractivity contribution is 7.17. The first-order chi connectivity index (χ1) is 18.7. The third-order valence-corrected chi connectivity index (χ3v) is 8.61. The van der Waals surface area contributed by atoms with Crippen molar-refractivity contribution in [2.24, 2.45) is 0 Å². The van der Waals surface area contributed by atoms with Gasteiger partial charge in [0, 0.05) is 29.8 Å². The second kappa shape index (κ2) is 10.2. The van der Waals surface area contributed by atoms with Crippen molar-refractivity contribution in [1.82, 2.24) is 20.2 Å². The molecule has 2 amide bonds. The largest absolute Gasteiger partial charge is 0.417 e. The minimum atomic E-state index is -4.87. The number of carbonyl (C=O) groups is 2. The van der Waals surface area contributed by atoms with Crippen LogP contribution in [0.4, 0.5) is 27.8 Å². The number of likely N-dealkylation sites (tertiary alicyclic amines) is 1. The summed E-state index contributed by atoms with van der Waals surface area (Å²) in [6, 6.07) is -0.858. The minimum absolute atomic E-state index is 0.00309. The van der Waals surface area contributed by atoms with E-state index in [1.54, 1.807) is 0 Å². The molecule has 4 heterocycles. The zero-order valence-electron chi connectivity index (χ0n) is 21.6. The SMILES string of the molecule is C[C@H]1CC(F)(F)CN1C(=O)c1nc(C(=O)N[C@@H]2COC[C@@H]2O)sc1-c1cnc(NC2(C)CCC2)cc1C(F)(F)F. The predicted octanol–water partition coefficient (Wildman–Crippen LogP) is 3.94. The van der Waals surface area contributed by atoms with E-state index in [0.29, 0.717) is 11.3 Å². The van der Waals surface area contributed by atoms with Crippen LogP contribution in [-0.4, -0.2) is 81.2 Å². The van der Waals surface area contributed by atoms with Crippen LogP contribution in [0.25, 0.3) is 10.4 Å². The molecule has 40 heavy (non-hydrogen) atoms. The second-order valence-corrected chi connectivity index (χ2v) is 11.9. The topological polar surface area (TPSA) is 117 Å². The Balaban J connectivity index is 1.57. The molecule has 15 heteroatoms. The van der Waals surface area contributed by atoms with Crippen LogP contribution in [-0.2, 0) is 10.9 Å². The Kier molecular flexibility index (Phi) is 7.28. The van der Waals surface area contributed by atoms with Crippen LogP contribution in [0.5, 0.6) is 0 Å². The van der Waals surface area contributed by atoms with Crippen LogP contribution >= 0.6 is 11.3 Å². The first kappa shape index (κ1) is 28.6. The molecule has 9 nitrogen and oxygen atoms in total. The minimum Gasteiger partial charge on any atom is -0.388 e. The summed E-state index contributed by atoms with van der Waals surface area (Å²) in [7, 11) is 0. The Bertz CT molecular complexity index is 1310. The van der Waals surface area contributed by atoms with E-state index in [1.165, 1.54) is 6.92 Å². The first-order valence-corrected chi connectivity index (χ1v) is 13.6. The Morgan fingerprint density at radius 2 is 1.98 bits per heavy atom. The highest BCUT2D eigenvalue weighted by Gasteiger charge is 2.47. The quantitative estimate of drug-likeness (QED) is 0.437. The number of aromatic nitrogens is 2. The Labute approximate surface area is 230 Å². The molecule has 3 fully saturated rings. The van der Waals surface area contributed by atoms with E-state index >= 15 is 0 Å². The van der Waals surface area contributed by atoms with Gasteiger partial charge in [-0.3, -0.25) is 9.59 Å². The van der Waals surface area contributed by atoms with Crippen molar-refractivity contribution in [2.45, 2.75) is 75.4 Å². The normalized spacial score (nSPS) is 25.5. The standard InChI is InChI=1S/C25H28F5N5O4S/c1-12-7-24(26,27)11-35(12)22(38)18-19(40-21(33-18)20(37)32-15-9-39-10-16(15)36)13-8-31-17(6-14(13)25(28,29)30)34-23(2)4-3-5-23/h6,8,12,15-16,36H,3-5,7,9-11H2,1-2H3,(H,31,34)(H,32,37)/t12-,15+,16-/m0/s1. The molecule has 0 unspecified atom stereocenters. The summed E-state index contributed by atoms with van der Waals surface area (Å²) in [6.45, 7) is 2.35. The van der Waals surface area contributed by atoms with Gasteiger partial charge in [0.2, 0.25) is 0 Å². The molecule has 0 spiro atoms. The molecule has 0 aromatic carbocycles. The highest BCUT2D eigenvalue weighted by atomic mass is 32.1.